The second kappa shape index (κ2) is 12.9. The molecule has 8 heteroatoms. The maximum absolute atomic E-state index is 12.2. The summed E-state index contributed by atoms with van der Waals surface area (Å²) in [6.45, 7) is -0.380. The van der Waals surface area contributed by atoms with E-state index in [0.717, 1.165) is 20.6 Å². The summed E-state index contributed by atoms with van der Waals surface area (Å²) in [4.78, 5) is 38.6. The quantitative estimate of drug-likeness (QED) is 0.216. The van der Waals surface area contributed by atoms with Gasteiger partial charge in [0.15, 0.2) is 6.61 Å². The third-order valence-corrected chi connectivity index (χ3v) is 6.67. The van der Waals surface area contributed by atoms with E-state index in [1.165, 1.54) is 0 Å². The van der Waals surface area contributed by atoms with Gasteiger partial charge in [-0.2, -0.15) is 0 Å². The van der Waals surface area contributed by atoms with E-state index in [9.17, 15) is 14.4 Å². The minimum absolute atomic E-state index is 0.0473. The second-order valence-corrected chi connectivity index (χ2v) is 9.80. The average molecular weight is 533 g/mol. The number of rotatable bonds is 10. The molecule has 2 amide bonds. The standard InChI is InChI=1S/C29H25ClN2O4S/c30-21-11-15-23(16-12-21)37-24-17-13-22(14-18-24)31-27(33)9-4-10-29(35)36-19-28(34)32-26-8-3-6-20-5-1-2-7-25(20)26/h1-3,5-8,11-18H,4,9-10,19H2,(H,31,33)(H,32,34). The summed E-state index contributed by atoms with van der Waals surface area (Å²) in [5.74, 6) is -1.14. The lowest BCUT2D eigenvalue weighted by molar-refractivity contribution is -0.147. The first-order valence-electron chi connectivity index (χ1n) is 11.7. The van der Waals surface area contributed by atoms with Crippen molar-refractivity contribution in [1.82, 2.24) is 0 Å². The molecule has 0 spiro atoms. The van der Waals surface area contributed by atoms with Crippen molar-refractivity contribution in [3.8, 4) is 0 Å². The lowest BCUT2D eigenvalue weighted by Crippen LogP contribution is -2.21. The summed E-state index contributed by atoms with van der Waals surface area (Å²) in [7, 11) is 0. The van der Waals surface area contributed by atoms with Crippen LogP contribution in [0.15, 0.2) is 101 Å². The summed E-state index contributed by atoms with van der Waals surface area (Å²) in [6.07, 6.45) is 0.532. The van der Waals surface area contributed by atoms with Gasteiger partial charge in [-0.25, -0.2) is 0 Å². The van der Waals surface area contributed by atoms with Gasteiger partial charge in [-0.1, -0.05) is 59.8 Å². The zero-order valence-corrected chi connectivity index (χ0v) is 21.5. The molecule has 188 valence electrons. The van der Waals surface area contributed by atoms with Gasteiger partial charge in [0.2, 0.25) is 5.91 Å². The van der Waals surface area contributed by atoms with Crippen LogP contribution >= 0.6 is 23.4 Å². The number of hydrogen-bond acceptors (Lipinski definition) is 5. The van der Waals surface area contributed by atoms with E-state index in [2.05, 4.69) is 10.6 Å². The summed E-state index contributed by atoms with van der Waals surface area (Å²) in [5, 5.41) is 8.20. The van der Waals surface area contributed by atoms with Gasteiger partial charge in [-0.3, -0.25) is 14.4 Å². The van der Waals surface area contributed by atoms with Crippen molar-refractivity contribution in [2.75, 3.05) is 17.2 Å². The number of carbonyl (C=O) groups excluding carboxylic acids is 3. The van der Waals surface area contributed by atoms with Crippen LogP contribution in [-0.2, 0) is 19.1 Å². The summed E-state index contributed by atoms with van der Waals surface area (Å²) in [5.41, 5.74) is 1.34. The fourth-order valence-electron chi connectivity index (χ4n) is 3.60. The third kappa shape index (κ3) is 8.10. The Kier molecular flexibility index (Phi) is 9.18. The molecule has 0 radical (unpaired) electrons. The molecule has 4 aromatic rings. The molecule has 6 nitrogen and oxygen atoms in total. The largest absolute Gasteiger partial charge is 0.456 e. The van der Waals surface area contributed by atoms with Crippen molar-refractivity contribution in [3.63, 3.8) is 0 Å². The topological polar surface area (TPSA) is 84.5 Å². The molecule has 0 aromatic heterocycles. The van der Waals surface area contributed by atoms with Gasteiger partial charge in [0.05, 0.1) is 0 Å². The van der Waals surface area contributed by atoms with Gasteiger partial charge in [0.25, 0.3) is 5.91 Å². The smallest absolute Gasteiger partial charge is 0.306 e. The number of carbonyl (C=O) groups is 3. The fraction of sp³-hybridized carbons (Fsp3) is 0.138. The Hall–Kier alpha value is -3.81. The van der Waals surface area contributed by atoms with Crippen LogP contribution in [0.5, 0.6) is 0 Å². The highest BCUT2D eigenvalue weighted by molar-refractivity contribution is 7.99. The van der Waals surface area contributed by atoms with Crippen LogP contribution in [0.3, 0.4) is 0 Å². The highest BCUT2D eigenvalue weighted by atomic mass is 35.5. The summed E-state index contributed by atoms with van der Waals surface area (Å²) < 4.78 is 5.06. The van der Waals surface area contributed by atoms with E-state index in [1.807, 2.05) is 84.9 Å². The molecular formula is C29H25ClN2O4S. The molecule has 2 N–H and O–H groups in total. The minimum Gasteiger partial charge on any atom is -0.456 e. The van der Waals surface area contributed by atoms with Crippen molar-refractivity contribution >= 4 is 63.3 Å². The molecule has 0 atom stereocenters. The predicted octanol–water partition coefficient (Wildman–Crippen LogP) is 6.94. The maximum Gasteiger partial charge on any atom is 0.306 e. The second-order valence-electron chi connectivity index (χ2n) is 8.22. The Morgan fingerprint density at radius 2 is 1.41 bits per heavy atom. The molecule has 4 rings (SSSR count). The Morgan fingerprint density at radius 3 is 2.16 bits per heavy atom. The molecule has 0 aliphatic heterocycles. The van der Waals surface area contributed by atoms with Gasteiger partial charge < -0.3 is 15.4 Å². The summed E-state index contributed by atoms with van der Waals surface area (Å²) >= 11 is 7.51. The van der Waals surface area contributed by atoms with E-state index in [0.29, 0.717) is 22.8 Å². The molecule has 0 saturated carbocycles. The lowest BCUT2D eigenvalue weighted by Gasteiger charge is -2.09. The van der Waals surface area contributed by atoms with E-state index < -0.39 is 11.9 Å². The molecule has 0 bridgehead atoms. The van der Waals surface area contributed by atoms with Gasteiger partial charge in [-0.15, -0.1) is 0 Å². The predicted molar refractivity (Wildman–Crippen MR) is 148 cm³/mol. The molecule has 0 unspecified atom stereocenters. The van der Waals surface area contributed by atoms with Crippen LogP contribution in [-0.4, -0.2) is 24.4 Å². The van der Waals surface area contributed by atoms with Gasteiger partial charge in [0, 0.05) is 44.4 Å². The normalized spacial score (nSPS) is 10.6. The molecule has 0 heterocycles. The van der Waals surface area contributed by atoms with E-state index in [1.54, 1.807) is 17.8 Å². The van der Waals surface area contributed by atoms with E-state index in [4.69, 9.17) is 16.3 Å². The first-order valence-corrected chi connectivity index (χ1v) is 12.9. The Bertz CT molecular complexity index is 1390. The van der Waals surface area contributed by atoms with Crippen molar-refractivity contribution in [2.45, 2.75) is 29.1 Å². The van der Waals surface area contributed by atoms with Crippen LogP contribution < -0.4 is 10.6 Å². The zero-order chi connectivity index (χ0) is 26.0. The molecule has 37 heavy (non-hydrogen) atoms. The first-order chi connectivity index (χ1) is 18.0. The van der Waals surface area contributed by atoms with Crippen molar-refractivity contribution in [3.05, 3.63) is 96.0 Å². The third-order valence-electron chi connectivity index (χ3n) is 5.40. The number of nitrogens with one attached hydrogen (secondary N) is 2. The average Bonchev–Trinajstić information content (AvgIpc) is 2.90. The number of fused-ring (bicyclic) bond motifs is 1. The Balaban J connectivity index is 1.14. The minimum atomic E-state index is -0.524. The van der Waals surface area contributed by atoms with Crippen molar-refractivity contribution in [2.24, 2.45) is 0 Å². The highest BCUT2D eigenvalue weighted by Crippen LogP contribution is 2.29. The van der Waals surface area contributed by atoms with Crippen LogP contribution in [0.1, 0.15) is 19.3 Å². The van der Waals surface area contributed by atoms with Gasteiger partial charge >= 0.3 is 5.97 Å². The first kappa shape index (κ1) is 26.3. The number of esters is 1. The number of halogens is 1. The van der Waals surface area contributed by atoms with Crippen LogP contribution in [0.25, 0.3) is 10.8 Å². The SMILES string of the molecule is O=C(CCCC(=O)OCC(=O)Nc1cccc2ccccc12)Nc1ccc(Sc2ccc(Cl)cc2)cc1. The van der Waals surface area contributed by atoms with Crippen molar-refractivity contribution < 1.29 is 19.1 Å². The van der Waals surface area contributed by atoms with Crippen molar-refractivity contribution in [1.29, 1.82) is 0 Å². The molecule has 4 aromatic carbocycles. The van der Waals surface area contributed by atoms with E-state index >= 15 is 0 Å². The highest BCUT2D eigenvalue weighted by Gasteiger charge is 2.11. The number of benzene rings is 4. The Labute approximate surface area is 224 Å². The number of anilines is 2. The van der Waals surface area contributed by atoms with Gasteiger partial charge in [-0.05, 0) is 66.4 Å². The molecule has 0 aliphatic carbocycles. The molecule has 0 saturated heterocycles. The van der Waals surface area contributed by atoms with Crippen LogP contribution in [0, 0.1) is 0 Å². The maximum atomic E-state index is 12.2. The van der Waals surface area contributed by atoms with Gasteiger partial charge in [0.1, 0.15) is 0 Å². The number of amides is 2. The fourth-order valence-corrected chi connectivity index (χ4v) is 4.54. The molecule has 0 aliphatic rings. The van der Waals surface area contributed by atoms with Crippen LogP contribution in [0.4, 0.5) is 11.4 Å². The molecular weight excluding hydrogens is 508 g/mol. The Morgan fingerprint density at radius 1 is 0.730 bits per heavy atom. The number of ether oxygens (including phenoxy) is 1. The van der Waals surface area contributed by atoms with E-state index in [-0.39, 0.29) is 25.4 Å². The molecule has 0 fully saturated rings. The summed E-state index contributed by atoms with van der Waals surface area (Å²) in [6, 6.07) is 28.4. The number of hydrogen-bond donors (Lipinski definition) is 2. The zero-order valence-electron chi connectivity index (χ0n) is 19.9. The van der Waals surface area contributed by atoms with Crippen LogP contribution in [0.2, 0.25) is 5.02 Å². The monoisotopic (exact) mass is 532 g/mol. The lowest BCUT2D eigenvalue weighted by atomic mass is 10.1.